The molecule has 0 atom stereocenters. The molecule has 0 spiro atoms. The van der Waals surface area contributed by atoms with E-state index in [1.165, 1.54) is 69.2 Å². The summed E-state index contributed by atoms with van der Waals surface area (Å²) in [6, 6.07) is 63.8. The Balaban J connectivity index is 1.22. The second kappa shape index (κ2) is 11.3. The summed E-state index contributed by atoms with van der Waals surface area (Å²) >= 11 is 1.87. The molecule has 0 aliphatic rings. The van der Waals surface area contributed by atoms with Crippen LogP contribution in [0.1, 0.15) is 0 Å². The van der Waals surface area contributed by atoms with Gasteiger partial charge in [0, 0.05) is 31.3 Å². The Morgan fingerprint density at radius 3 is 1.67 bits per heavy atom. The van der Waals surface area contributed by atoms with Crippen LogP contribution in [0, 0.1) is 0 Å². The fraction of sp³-hybridized carbons (Fsp3) is 0. The normalized spacial score (nSPS) is 11.7. The molecule has 2 aromatic heterocycles. The van der Waals surface area contributed by atoms with Crippen molar-refractivity contribution in [1.82, 2.24) is 4.98 Å². The molecule has 0 bridgehead atoms. The fourth-order valence-electron chi connectivity index (χ4n) is 7.53. The van der Waals surface area contributed by atoms with E-state index in [9.17, 15) is 0 Å². The van der Waals surface area contributed by atoms with Gasteiger partial charge in [0.25, 0.3) is 0 Å². The van der Waals surface area contributed by atoms with Crippen molar-refractivity contribution in [3.63, 3.8) is 0 Å². The molecule has 0 fully saturated rings. The van der Waals surface area contributed by atoms with Crippen LogP contribution in [-0.2, 0) is 0 Å². The van der Waals surface area contributed by atoms with Gasteiger partial charge in [0.1, 0.15) is 0 Å². The molecule has 0 saturated carbocycles. The van der Waals surface area contributed by atoms with Crippen LogP contribution >= 0.6 is 11.3 Å². The third-order valence-electron chi connectivity index (χ3n) is 9.85. The van der Waals surface area contributed by atoms with Crippen LogP contribution in [0.5, 0.6) is 0 Å². The van der Waals surface area contributed by atoms with Crippen LogP contribution in [0.25, 0.3) is 97.3 Å². The first kappa shape index (κ1) is 28.0. The highest BCUT2D eigenvalue weighted by Crippen LogP contribution is 2.43. The molecule has 0 N–H and O–H groups in total. The van der Waals surface area contributed by atoms with Crippen molar-refractivity contribution in [3.8, 4) is 44.8 Å². The van der Waals surface area contributed by atoms with Gasteiger partial charge in [-0.3, -0.25) is 0 Å². The summed E-state index contributed by atoms with van der Waals surface area (Å²) in [5, 5.41) is 10.2. The van der Waals surface area contributed by atoms with Crippen LogP contribution in [0.4, 0.5) is 0 Å². The van der Waals surface area contributed by atoms with E-state index in [1.54, 1.807) is 0 Å². The molecule has 2 heteroatoms. The minimum absolute atomic E-state index is 0.967. The van der Waals surface area contributed by atoms with Crippen molar-refractivity contribution in [3.05, 3.63) is 176 Å². The average Bonchev–Trinajstić information content (AvgIpc) is 3.56. The van der Waals surface area contributed by atoms with E-state index in [2.05, 4.69) is 176 Å². The Labute approximate surface area is 288 Å². The Kier molecular flexibility index (Phi) is 6.43. The summed E-state index contributed by atoms with van der Waals surface area (Å²) in [6.45, 7) is 0. The van der Waals surface area contributed by atoms with Gasteiger partial charge in [-0.25, -0.2) is 4.98 Å². The molecule has 8 aromatic carbocycles. The van der Waals surface area contributed by atoms with Gasteiger partial charge < -0.3 is 0 Å². The van der Waals surface area contributed by atoms with Crippen LogP contribution in [0.3, 0.4) is 0 Å². The zero-order valence-corrected chi connectivity index (χ0v) is 27.4. The fourth-order valence-corrected chi connectivity index (χ4v) is 8.68. The van der Waals surface area contributed by atoms with Gasteiger partial charge in [-0.05, 0) is 84.9 Å². The quantitative estimate of drug-likeness (QED) is 0.175. The number of rotatable bonds is 4. The number of hydrogen-bond donors (Lipinski definition) is 0. The minimum Gasteiger partial charge on any atom is -0.248 e. The highest BCUT2D eigenvalue weighted by atomic mass is 32.1. The zero-order chi connectivity index (χ0) is 32.3. The Morgan fingerprint density at radius 2 is 0.878 bits per heavy atom. The second-order valence-corrected chi connectivity index (χ2v) is 13.8. The minimum atomic E-state index is 0.967. The van der Waals surface area contributed by atoms with Crippen LogP contribution < -0.4 is 0 Å². The number of nitrogens with zero attached hydrogens (tertiary/aromatic N) is 1. The predicted octanol–water partition coefficient (Wildman–Crippen LogP) is 13.6. The van der Waals surface area contributed by atoms with Crippen LogP contribution in [-0.4, -0.2) is 4.98 Å². The Hall–Kier alpha value is -6.09. The topological polar surface area (TPSA) is 12.9 Å². The standard InChI is InChI=1S/C47H29NS/c1-3-12-30(13-4-1)34-27-43(31-14-5-2-6-15-31)48-44(28-34)33-23-25-41-42(26-33)37-17-8-7-16-36(37)40-20-11-19-35(47(40)41)32-22-24-39-38-18-9-10-21-45(38)49-46(39)29-32/h1-29H. The molecular weight excluding hydrogens is 611 g/mol. The zero-order valence-electron chi connectivity index (χ0n) is 26.6. The molecule has 1 nitrogen and oxygen atoms in total. The van der Waals surface area contributed by atoms with E-state index in [4.69, 9.17) is 4.98 Å². The van der Waals surface area contributed by atoms with Crippen molar-refractivity contribution < 1.29 is 0 Å². The third-order valence-corrected chi connectivity index (χ3v) is 11.0. The lowest BCUT2D eigenvalue weighted by Gasteiger charge is -2.16. The van der Waals surface area contributed by atoms with E-state index in [0.29, 0.717) is 0 Å². The molecule has 0 unspecified atom stereocenters. The van der Waals surface area contributed by atoms with Crippen LogP contribution in [0.2, 0.25) is 0 Å². The Morgan fingerprint density at radius 1 is 0.306 bits per heavy atom. The van der Waals surface area contributed by atoms with Gasteiger partial charge in [-0.2, -0.15) is 0 Å². The van der Waals surface area contributed by atoms with Crippen molar-refractivity contribution >= 4 is 63.8 Å². The van der Waals surface area contributed by atoms with E-state index < -0.39 is 0 Å². The average molecular weight is 640 g/mol. The second-order valence-electron chi connectivity index (χ2n) is 12.7. The summed E-state index contributed by atoms with van der Waals surface area (Å²) < 4.78 is 2.65. The molecule has 10 rings (SSSR count). The number of benzene rings is 8. The van der Waals surface area contributed by atoms with Crippen LogP contribution in [0.15, 0.2) is 176 Å². The first-order chi connectivity index (χ1) is 24.3. The molecule has 228 valence electrons. The summed E-state index contributed by atoms with van der Waals surface area (Å²) in [5.41, 5.74) is 9.00. The first-order valence-corrected chi connectivity index (χ1v) is 17.5. The number of thiophene rings is 1. The molecule has 10 aromatic rings. The summed E-state index contributed by atoms with van der Waals surface area (Å²) in [6.07, 6.45) is 0. The molecule has 0 radical (unpaired) electrons. The maximum Gasteiger partial charge on any atom is 0.0715 e. The van der Waals surface area contributed by atoms with Crippen molar-refractivity contribution in [2.45, 2.75) is 0 Å². The number of pyridine rings is 1. The molecule has 0 amide bonds. The lowest BCUT2D eigenvalue weighted by Crippen LogP contribution is -1.92. The number of hydrogen-bond acceptors (Lipinski definition) is 2. The molecule has 2 heterocycles. The summed E-state index contributed by atoms with van der Waals surface area (Å²) in [5.74, 6) is 0. The van der Waals surface area contributed by atoms with Crippen molar-refractivity contribution in [1.29, 1.82) is 0 Å². The van der Waals surface area contributed by atoms with Gasteiger partial charge in [-0.15, -0.1) is 11.3 Å². The van der Waals surface area contributed by atoms with E-state index in [0.717, 1.165) is 28.1 Å². The highest BCUT2D eigenvalue weighted by Gasteiger charge is 2.16. The molecule has 0 aliphatic heterocycles. The lowest BCUT2D eigenvalue weighted by atomic mass is 9.88. The van der Waals surface area contributed by atoms with Crippen molar-refractivity contribution in [2.24, 2.45) is 0 Å². The maximum atomic E-state index is 5.26. The predicted molar refractivity (Wildman–Crippen MR) is 211 cm³/mol. The molecule has 49 heavy (non-hydrogen) atoms. The van der Waals surface area contributed by atoms with Gasteiger partial charge in [0.05, 0.1) is 11.4 Å². The molecule has 0 aliphatic carbocycles. The third kappa shape index (κ3) is 4.64. The van der Waals surface area contributed by atoms with Crippen molar-refractivity contribution in [2.75, 3.05) is 0 Å². The Bertz CT molecular complexity index is 2810. The van der Waals surface area contributed by atoms with E-state index in [1.807, 2.05) is 11.3 Å². The smallest absolute Gasteiger partial charge is 0.0715 e. The SMILES string of the molecule is c1ccc(-c2cc(-c3ccccc3)nc(-c3ccc4c(c3)c3ccccc3c3cccc(-c5ccc6c(c5)sc5ccccc56)c34)c2)cc1. The number of fused-ring (bicyclic) bond motifs is 9. The largest absolute Gasteiger partial charge is 0.248 e. The number of aromatic nitrogens is 1. The van der Waals surface area contributed by atoms with Gasteiger partial charge in [0.2, 0.25) is 0 Å². The highest BCUT2D eigenvalue weighted by molar-refractivity contribution is 7.25. The molecule has 0 saturated heterocycles. The maximum absolute atomic E-state index is 5.26. The van der Waals surface area contributed by atoms with Gasteiger partial charge in [-0.1, -0.05) is 146 Å². The van der Waals surface area contributed by atoms with E-state index >= 15 is 0 Å². The van der Waals surface area contributed by atoms with Gasteiger partial charge in [0.15, 0.2) is 0 Å². The molecular formula is C47H29NS. The van der Waals surface area contributed by atoms with Gasteiger partial charge >= 0.3 is 0 Å². The van der Waals surface area contributed by atoms with E-state index in [-0.39, 0.29) is 0 Å². The first-order valence-electron chi connectivity index (χ1n) is 16.7. The summed E-state index contributed by atoms with van der Waals surface area (Å²) in [7, 11) is 0. The lowest BCUT2D eigenvalue weighted by molar-refractivity contribution is 1.32. The summed E-state index contributed by atoms with van der Waals surface area (Å²) in [4.78, 5) is 5.26. The monoisotopic (exact) mass is 639 g/mol.